The molecular formula is C14H17BrN2OS. The van der Waals surface area contributed by atoms with Gasteiger partial charge in [-0.25, -0.2) is 0 Å². The van der Waals surface area contributed by atoms with E-state index < -0.39 is 0 Å². The second-order valence-corrected chi connectivity index (χ2v) is 6.86. The second-order valence-electron chi connectivity index (χ2n) is 5.10. The van der Waals surface area contributed by atoms with Crippen LogP contribution in [0, 0.1) is 6.92 Å². The van der Waals surface area contributed by atoms with Crippen LogP contribution in [0.3, 0.4) is 0 Å². The van der Waals surface area contributed by atoms with E-state index in [-0.39, 0.29) is 5.54 Å². The van der Waals surface area contributed by atoms with Crippen molar-refractivity contribution in [1.29, 1.82) is 0 Å². The number of anilines is 1. The highest BCUT2D eigenvalue weighted by atomic mass is 79.9. The Kier molecular flexibility index (Phi) is 3.87. The maximum absolute atomic E-state index is 5.44. The fraction of sp³-hybridized carbons (Fsp3) is 0.500. The lowest BCUT2D eigenvalue weighted by Crippen LogP contribution is -2.34. The molecule has 3 rings (SSSR count). The third-order valence-corrected chi connectivity index (χ3v) is 5.87. The molecule has 3 nitrogen and oxygen atoms in total. The van der Waals surface area contributed by atoms with Gasteiger partial charge >= 0.3 is 0 Å². The van der Waals surface area contributed by atoms with Crippen LogP contribution in [-0.2, 0) is 4.74 Å². The molecule has 19 heavy (non-hydrogen) atoms. The summed E-state index contributed by atoms with van der Waals surface area (Å²) in [6.45, 7) is 3.77. The van der Waals surface area contributed by atoms with E-state index in [1.807, 2.05) is 11.8 Å². The monoisotopic (exact) mass is 340 g/mol. The van der Waals surface area contributed by atoms with Crippen molar-refractivity contribution < 1.29 is 4.74 Å². The summed E-state index contributed by atoms with van der Waals surface area (Å²) in [5, 5.41) is 4.48. The van der Waals surface area contributed by atoms with E-state index >= 15 is 0 Å². The first-order chi connectivity index (χ1) is 9.19. The number of amidine groups is 1. The minimum absolute atomic E-state index is 0.113. The zero-order valence-corrected chi connectivity index (χ0v) is 13.3. The highest BCUT2D eigenvalue weighted by Crippen LogP contribution is 2.37. The molecule has 0 unspecified atom stereocenters. The normalized spacial score (nSPS) is 21.5. The zero-order valence-electron chi connectivity index (χ0n) is 10.9. The lowest BCUT2D eigenvalue weighted by molar-refractivity contribution is 0.0624. The topological polar surface area (TPSA) is 33.6 Å². The van der Waals surface area contributed by atoms with Crippen LogP contribution in [0.25, 0.3) is 0 Å². The van der Waals surface area contributed by atoms with Crippen molar-refractivity contribution in [3.8, 4) is 0 Å². The summed E-state index contributed by atoms with van der Waals surface area (Å²) in [7, 11) is 0. The van der Waals surface area contributed by atoms with E-state index in [1.54, 1.807) is 0 Å². The summed E-state index contributed by atoms with van der Waals surface area (Å²) in [6.07, 6.45) is 2.08. The van der Waals surface area contributed by atoms with Crippen molar-refractivity contribution in [2.24, 2.45) is 4.99 Å². The maximum atomic E-state index is 5.44. The average Bonchev–Trinajstić information content (AvgIpc) is 2.79. The molecule has 0 atom stereocenters. The zero-order chi connectivity index (χ0) is 13.3. The molecule has 0 saturated carbocycles. The summed E-state index contributed by atoms with van der Waals surface area (Å²) in [5.74, 6) is 1.07. The molecule has 1 spiro atoms. The predicted octanol–water partition coefficient (Wildman–Crippen LogP) is 3.82. The summed E-state index contributed by atoms with van der Waals surface area (Å²) >= 11 is 5.45. The number of benzene rings is 1. The number of hydrogen-bond donors (Lipinski definition) is 1. The quantitative estimate of drug-likeness (QED) is 0.843. The molecule has 1 aromatic carbocycles. The number of hydrogen-bond acceptors (Lipinski definition) is 4. The number of nitrogens with zero attached hydrogens (tertiary/aromatic N) is 1. The molecule has 1 aromatic rings. The van der Waals surface area contributed by atoms with Crippen LogP contribution in [-0.4, -0.2) is 29.7 Å². The van der Waals surface area contributed by atoms with Gasteiger partial charge in [-0.3, -0.25) is 4.99 Å². The maximum Gasteiger partial charge on any atom is 0.161 e. The predicted molar refractivity (Wildman–Crippen MR) is 85.2 cm³/mol. The smallest absolute Gasteiger partial charge is 0.161 e. The molecule has 102 valence electrons. The Morgan fingerprint density at radius 3 is 2.95 bits per heavy atom. The van der Waals surface area contributed by atoms with Crippen molar-refractivity contribution in [2.45, 2.75) is 25.3 Å². The molecule has 1 N–H and O–H groups in total. The van der Waals surface area contributed by atoms with Gasteiger partial charge < -0.3 is 10.1 Å². The Hall–Kier alpha value is -0.520. The standard InChI is InChI=1S/C14H17BrN2OS/c1-10-3-2-4-11(12(10)15)16-13-17-14(9-19-13)5-7-18-8-6-14/h2-4H,5-9H2,1H3,(H,16,17). The first-order valence-electron chi connectivity index (χ1n) is 6.51. The van der Waals surface area contributed by atoms with Gasteiger partial charge in [-0.1, -0.05) is 23.9 Å². The minimum Gasteiger partial charge on any atom is -0.381 e. The molecule has 5 heteroatoms. The summed E-state index contributed by atoms with van der Waals surface area (Å²) in [4.78, 5) is 4.91. The van der Waals surface area contributed by atoms with Gasteiger partial charge in [-0.05, 0) is 47.3 Å². The number of ether oxygens (including phenoxy) is 1. The summed E-state index contributed by atoms with van der Waals surface area (Å²) in [5.41, 5.74) is 2.44. The second kappa shape index (κ2) is 5.46. The lowest BCUT2D eigenvalue weighted by atomic mass is 9.93. The SMILES string of the molecule is Cc1cccc(NC2=NC3(CCOCC3)CS2)c1Br. The number of thioether (sulfide) groups is 1. The Balaban J connectivity index is 1.77. The van der Waals surface area contributed by atoms with Crippen LogP contribution in [0.5, 0.6) is 0 Å². The van der Waals surface area contributed by atoms with Crippen molar-refractivity contribution in [2.75, 3.05) is 24.3 Å². The fourth-order valence-electron chi connectivity index (χ4n) is 2.41. The van der Waals surface area contributed by atoms with Crippen LogP contribution in [0.1, 0.15) is 18.4 Å². The number of aliphatic imine (C=N–C) groups is 1. The van der Waals surface area contributed by atoms with Crippen LogP contribution in [0.2, 0.25) is 0 Å². The third kappa shape index (κ3) is 2.83. The molecule has 2 aliphatic rings. The number of nitrogens with one attached hydrogen (secondary N) is 1. The van der Waals surface area contributed by atoms with E-state index in [0.717, 1.165) is 47.1 Å². The van der Waals surface area contributed by atoms with Gasteiger partial charge in [-0.2, -0.15) is 0 Å². The number of halogens is 1. The van der Waals surface area contributed by atoms with Crippen LogP contribution >= 0.6 is 27.7 Å². The van der Waals surface area contributed by atoms with Gasteiger partial charge in [0.25, 0.3) is 0 Å². The van der Waals surface area contributed by atoms with Crippen molar-refractivity contribution in [1.82, 2.24) is 0 Å². The average molecular weight is 341 g/mol. The fourth-order valence-corrected chi connectivity index (χ4v) is 3.98. The summed E-state index contributed by atoms with van der Waals surface area (Å²) < 4.78 is 6.56. The first-order valence-corrected chi connectivity index (χ1v) is 8.29. The van der Waals surface area contributed by atoms with Crippen molar-refractivity contribution in [3.63, 3.8) is 0 Å². The van der Waals surface area contributed by atoms with E-state index in [1.165, 1.54) is 5.56 Å². The van der Waals surface area contributed by atoms with Gasteiger partial charge in [-0.15, -0.1) is 0 Å². The number of aryl methyl sites for hydroxylation is 1. The van der Waals surface area contributed by atoms with E-state index in [4.69, 9.17) is 9.73 Å². The van der Waals surface area contributed by atoms with Gasteiger partial charge in [0.15, 0.2) is 5.17 Å². The molecule has 0 radical (unpaired) electrons. The Labute approximate surface area is 126 Å². The molecule has 1 fully saturated rings. The van der Waals surface area contributed by atoms with Gasteiger partial charge in [0, 0.05) is 23.4 Å². The van der Waals surface area contributed by atoms with Gasteiger partial charge in [0.05, 0.1) is 11.2 Å². The van der Waals surface area contributed by atoms with Crippen LogP contribution in [0.15, 0.2) is 27.7 Å². The Morgan fingerprint density at radius 1 is 1.37 bits per heavy atom. The van der Waals surface area contributed by atoms with Crippen LogP contribution in [0.4, 0.5) is 5.69 Å². The molecule has 0 aliphatic carbocycles. The molecule has 0 aromatic heterocycles. The van der Waals surface area contributed by atoms with Crippen molar-refractivity contribution >= 4 is 38.5 Å². The molecule has 1 saturated heterocycles. The van der Waals surface area contributed by atoms with Crippen LogP contribution < -0.4 is 5.32 Å². The van der Waals surface area contributed by atoms with Gasteiger partial charge in [0.1, 0.15) is 0 Å². The molecule has 2 aliphatic heterocycles. The van der Waals surface area contributed by atoms with E-state index in [2.05, 4.69) is 46.4 Å². The first kappa shape index (κ1) is 13.5. The highest BCUT2D eigenvalue weighted by molar-refractivity contribution is 9.10. The van der Waals surface area contributed by atoms with E-state index in [9.17, 15) is 0 Å². The van der Waals surface area contributed by atoms with Gasteiger partial charge in [0.2, 0.25) is 0 Å². The largest absolute Gasteiger partial charge is 0.381 e. The minimum atomic E-state index is 0.113. The Bertz CT molecular complexity index is 512. The lowest BCUT2D eigenvalue weighted by Gasteiger charge is -2.29. The van der Waals surface area contributed by atoms with Crippen molar-refractivity contribution in [3.05, 3.63) is 28.2 Å². The molecule has 0 bridgehead atoms. The summed E-state index contributed by atoms with van der Waals surface area (Å²) in [6, 6.07) is 6.24. The number of rotatable bonds is 1. The van der Waals surface area contributed by atoms with E-state index in [0.29, 0.717) is 0 Å². The highest BCUT2D eigenvalue weighted by Gasteiger charge is 2.37. The third-order valence-electron chi connectivity index (χ3n) is 3.67. The Morgan fingerprint density at radius 2 is 2.16 bits per heavy atom. The molecular weight excluding hydrogens is 324 g/mol. The molecule has 0 amide bonds. The molecule has 2 heterocycles.